The summed E-state index contributed by atoms with van der Waals surface area (Å²) in [5, 5.41) is 5.39. The van der Waals surface area contributed by atoms with Gasteiger partial charge in [-0.2, -0.15) is 0 Å². The summed E-state index contributed by atoms with van der Waals surface area (Å²) in [7, 11) is 2.17. The van der Waals surface area contributed by atoms with Crippen LogP contribution in [0.1, 0.15) is 11.6 Å². The van der Waals surface area contributed by atoms with Gasteiger partial charge in [0.1, 0.15) is 0 Å². The molecule has 1 N–H and O–H groups in total. The van der Waals surface area contributed by atoms with Crippen molar-refractivity contribution in [2.75, 3.05) is 26.7 Å². The number of hydrogen-bond donors (Lipinski definition) is 1. The lowest BCUT2D eigenvalue weighted by molar-refractivity contribution is 0.203. The first-order chi connectivity index (χ1) is 8.75. The normalized spacial score (nSPS) is 21.3. The van der Waals surface area contributed by atoms with Gasteiger partial charge in [0.15, 0.2) is 0 Å². The highest BCUT2D eigenvalue weighted by Gasteiger charge is 2.22. The van der Waals surface area contributed by atoms with E-state index in [1.165, 1.54) is 10.9 Å². The first kappa shape index (κ1) is 11.9. The fourth-order valence-corrected chi connectivity index (χ4v) is 2.75. The van der Waals surface area contributed by atoms with Crippen molar-refractivity contribution in [1.82, 2.24) is 15.2 Å². The molecule has 1 atom stereocenters. The molecule has 0 saturated carbocycles. The molecule has 0 amide bonds. The number of hydrogen-bond acceptors (Lipinski definition) is 3. The van der Waals surface area contributed by atoms with Gasteiger partial charge in [-0.25, -0.2) is 0 Å². The highest BCUT2D eigenvalue weighted by Crippen LogP contribution is 2.28. The van der Waals surface area contributed by atoms with Crippen molar-refractivity contribution in [3.63, 3.8) is 0 Å². The van der Waals surface area contributed by atoms with Crippen LogP contribution in [0.15, 0.2) is 30.5 Å². The van der Waals surface area contributed by atoms with Crippen LogP contribution >= 0.6 is 11.6 Å². The predicted octanol–water partition coefficient (Wildman–Crippen LogP) is 2.46. The Hall–Kier alpha value is -1.16. The lowest BCUT2D eigenvalue weighted by atomic mass is 10.00. The second-order valence-electron chi connectivity index (χ2n) is 4.76. The average Bonchev–Trinajstić information content (AvgIpc) is 2.38. The summed E-state index contributed by atoms with van der Waals surface area (Å²) in [5.74, 6) is 0. The molecule has 94 valence electrons. The molecule has 1 aliphatic heterocycles. The van der Waals surface area contributed by atoms with E-state index in [-0.39, 0.29) is 0 Å². The molecule has 2 heterocycles. The highest BCUT2D eigenvalue weighted by molar-refractivity contribution is 6.31. The van der Waals surface area contributed by atoms with Crippen LogP contribution < -0.4 is 5.32 Å². The summed E-state index contributed by atoms with van der Waals surface area (Å²) in [4.78, 5) is 6.79. The number of fused-ring (bicyclic) bond motifs is 1. The van der Waals surface area contributed by atoms with E-state index in [1.54, 1.807) is 0 Å². The first-order valence-corrected chi connectivity index (χ1v) is 6.58. The lowest BCUT2D eigenvalue weighted by Crippen LogP contribution is -2.43. The molecule has 1 fully saturated rings. The number of likely N-dealkylation sites (N-methyl/N-ethyl adjacent to an activating group) is 1. The molecule has 0 aliphatic carbocycles. The predicted molar refractivity (Wildman–Crippen MR) is 75.0 cm³/mol. The van der Waals surface area contributed by atoms with Crippen molar-refractivity contribution < 1.29 is 0 Å². The Morgan fingerprint density at radius 2 is 2.28 bits per heavy atom. The molecule has 1 saturated heterocycles. The smallest absolute Gasteiger partial charge is 0.0720 e. The topological polar surface area (TPSA) is 28.2 Å². The molecule has 3 nitrogen and oxygen atoms in total. The van der Waals surface area contributed by atoms with Crippen LogP contribution in [0.4, 0.5) is 0 Å². The molecule has 3 rings (SSSR count). The van der Waals surface area contributed by atoms with Gasteiger partial charge in [-0.15, -0.1) is 0 Å². The van der Waals surface area contributed by atoms with Gasteiger partial charge in [-0.3, -0.25) is 9.88 Å². The Labute approximate surface area is 112 Å². The second kappa shape index (κ2) is 4.84. The van der Waals surface area contributed by atoms with Crippen molar-refractivity contribution in [2.24, 2.45) is 0 Å². The number of piperazine rings is 1. The molecule has 4 heteroatoms. The molecule has 0 radical (unpaired) electrons. The van der Waals surface area contributed by atoms with Crippen LogP contribution in [0.5, 0.6) is 0 Å². The minimum Gasteiger partial charge on any atom is -0.314 e. The number of rotatable bonds is 1. The Morgan fingerprint density at radius 3 is 3.11 bits per heavy atom. The van der Waals surface area contributed by atoms with Gasteiger partial charge in [0, 0.05) is 42.3 Å². The summed E-state index contributed by atoms with van der Waals surface area (Å²) >= 11 is 6.02. The lowest BCUT2D eigenvalue weighted by Gasteiger charge is -2.33. The van der Waals surface area contributed by atoms with E-state index >= 15 is 0 Å². The average molecular weight is 262 g/mol. The van der Waals surface area contributed by atoms with E-state index in [4.69, 9.17) is 11.6 Å². The van der Waals surface area contributed by atoms with E-state index in [1.807, 2.05) is 18.3 Å². The van der Waals surface area contributed by atoms with Gasteiger partial charge >= 0.3 is 0 Å². The summed E-state index contributed by atoms with van der Waals surface area (Å²) in [6, 6.07) is 8.46. The number of nitrogens with zero attached hydrogens (tertiary/aromatic N) is 2. The third-order valence-electron chi connectivity index (χ3n) is 3.61. The molecule has 18 heavy (non-hydrogen) atoms. The summed E-state index contributed by atoms with van der Waals surface area (Å²) in [5.41, 5.74) is 2.30. The summed E-state index contributed by atoms with van der Waals surface area (Å²) in [6.07, 6.45) is 1.87. The van der Waals surface area contributed by atoms with Crippen LogP contribution in [0.25, 0.3) is 10.9 Å². The zero-order valence-electron chi connectivity index (χ0n) is 10.4. The van der Waals surface area contributed by atoms with Gasteiger partial charge in [0.05, 0.1) is 5.52 Å². The third kappa shape index (κ3) is 2.09. The number of benzene rings is 1. The monoisotopic (exact) mass is 261 g/mol. The van der Waals surface area contributed by atoms with Crippen molar-refractivity contribution in [3.8, 4) is 0 Å². The fourth-order valence-electron chi connectivity index (χ4n) is 2.59. The maximum atomic E-state index is 6.02. The minimum atomic E-state index is 0.408. The van der Waals surface area contributed by atoms with Crippen LogP contribution in [0.3, 0.4) is 0 Å². The Morgan fingerprint density at radius 1 is 1.39 bits per heavy atom. The molecule has 1 unspecified atom stereocenters. The SMILES string of the molecule is CN1CCNCC1c1ccnc2cc(Cl)ccc12. The maximum Gasteiger partial charge on any atom is 0.0720 e. The van der Waals surface area contributed by atoms with E-state index in [0.717, 1.165) is 30.2 Å². The third-order valence-corrected chi connectivity index (χ3v) is 3.84. The van der Waals surface area contributed by atoms with Crippen LogP contribution in [-0.2, 0) is 0 Å². The van der Waals surface area contributed by atoms with E-state index in [0.29, 0.717) is 6.04 Å². The summed E-state index contributed by atoms with van der Waals surface area (Å²) in [6.45, 7) is 3.11. The second-order valence-corrected chi connectivity index (χ2v) is 5.20. The molecule has 2 aromatic rings. The van der Waals surface area contributed by atoms with Crippen LogP contribution in [-0.4, -0.2) is 36.6 Å². The van der Waals surface area contributed by atoms with Crippen molar-refractivity contribution in [1.29, 1.82) is 0 Å². The number of nitrogens with one attached hydrogen (secondary N) is 1. The summed E-state index contributed by atoms with van der Waals surface area (Å²) < 4.78 is 0. The Balaban J connectivity index is 2.10. The molecule has 1 aromatic heterocycles. The van der Waals surface area contributed by atoms with E-state index < -0.39 is 0 Å². The van der Waals surface area contributed by atoms with Crippen molar-refractivity contribution in [3.05, 3.63) is 41.0 Å². The molecule has 1 aliphatic rings. The zero-order valence-corrected chi connectivity index (χ0v) is 11.1. The Kier molecular flexibility index (Phi) is 3.20. The molecule has 1 aromatic carbocycles. The Bertz CT molecular complexity index is 570. The number of halogens is 1. The van der Waals surface area contributed by atoms with Gasteiger partial charge in [0.25, 0.3) is 0 Å². The molecular weight excluding hydrogens is 246 g/mol. The minimum absolute atomic E-state index is 0.408. The molecular formula is C14H16ClN3. The number of pyridine rings is 1. The van der Waals surface area contributed by atoms with E-state index in [9.17, 15) is 0 Å². The van der Waals surface area contributed by atoms with Gasteiger partial charge in [-0.1, -0.05) is 17.7 Å². The molecule has 0 bridgehead atoms. The quantitative estimate of drug-likeness (QED) is 0.855. The first-order valence-electron chi connectivity index (χ1n) is 6.21. The van der Waals surface area contributed by atoms with Crippen LogP contribution in [0.2, 0.25) is 5.02 Å². The van der Waals surface area contributed by atoms with Gasteiger partial charge in [0.2, 0.25) is 0 Å². The standard InChI is InChI=1S/C14H16ClN3/c1-18-7-6-16-9-14(18)12-4-5-17-13-8-10(15)2-3-11(12)13/h2-5,8,14,16H,6-7,9H2,1H3. The van der Waals surface area contributed by atoms with Gasteiger partial charge in [-0.05, 0) is 30.8 Å². The number of aromatic nitrogens is 1. The van der Waals surface area contributed by atoms with Gasteiger partial charge < -0.3 is 5.32 Å². The van der Waals surface area contributed by atoms with Crippen molar-refractivity contribution >= 4 is 22.5 Å². The highest BCUT2D eigenvalue weighted by atomic mass is 35.5. The van der Waals surface area contributed by atoms with E-state index in [2.05, 4.69) is 34.4 Å². The van der Waals surface area contributed by atoms with Crippen LogP contribution in [0, 0.1) is 0 Å². The molecule has 0 spiro atoms. The fraction of sp³-hybridized carbons (Fsp3) is 0.357. The zero-order chi connectivity index (χ0) is 12.5. The maximum absolute atomic E-state index is 6.02. The van der Waals surface area contributed by atoms with Crippen molar-refractivity contribution in [2.45, 2.75) is 6.04 Å². The largest absolute Gasteiger partial charge is 0.314 e.